The maximum absolute atomic E-state index is 12.4. The lowest BCUT2D eigenvalue weighted by molar-refractivity contribution is -0.125. The van der Waals surface area contributed by atoms with Crippen molar-refractivity contribution in [3.05, 3.63) is 76.8 Å². The molecule has 1 heterocycles. The van der Waals surface area contributed by atoms with Crippen LogP contribution in [0.2, 0.25) is 10.0 Å². The highest BCUT2D eigenvalue weighted by Crippen LogP contribution is 2.28. The van der Waals surface area contributed by atoms with E-state index in [1.807, 2.05) is 48.5 Å². The first kappa shape index (κ1) is 22.1. The number of carbonyl (C=O) groups excluding carboxylic acids is 1. The number of carbonyl (C=O) groups is 1. The summed E-state index contributed by atoms with van der Waals surface area (Å²) in [7, 11) is 0. The van der Waals surface area contributed by atoms with Crippen molar-refractivity contribution in [3.8, 4) is 17.2 Å². The van der Waals surface area contributed by atoms with Crippen molar-refractivity contribution >= 4 is 63.2 Å². The Labute approximate surface area is 199 Å². The monoisotopic (exact) mass is 485 g/mol. The molecular formula is C23H17Cl2N3O3S. The highest BCUT2D eigenvalue weighted by molar-refractivity contribution is 7.80. The standard InChI is InChI=1S/C23H17Cl2N3O3S/c1-13(30-19-11-8-15(24)12-17(19)25)21(29)28-23(32)26-16-9-6-14(7-10-16)22-27-18-4-2-3-5-20(18)31-22/h2-13H,1H3,(H2,26,28,29,32). The Morgan fingerprint density at radius 2 is 1.84 bits per heavy atom. The van der Waals surface area contributed by atoms with Gasteiger partial charge < -0.3 is 14.5 Å². The number of fused-ring (bicyclic) bond motifs is 1. The first-order chi connectivity index (χ1) is 15.4. The van der Waals surface area contributed by atoms with Crippen LogP contribution >= 0.6 is 35.4 Å². The number of nitrogens with one attached hydrogen (secondary N) is 2. The zero-order chi connectivity index (χ0) is 22.7. The Hall–Kier alpha value is -3.13. The van der Waals surface area contributed by atoms with Crippen molar-refractivity contribution in [1.82, 2.24) is 10.3 Å². The molecule has 0 aliphatic carbocycles. The number of hydrogen-bond donors (Lipinski definition) is 2. The van der Waals surface area contributed by atoms with Crippen molar-refractivity contribution in [1.29, 1.82) is 0 Å². The van der Waals surface area contributed by atoms with Crippen LogP contribution in [-0.4, -0.2) is 22.1 Å². The molecule has 3 aromatic carbocycles. The van der Waals surface area contributed by atoms with Crippen LogP contribution < -0.4 is 15.4 Å². The molecule has 9 heteroatoms. The quantitative estimate of drug-likeness (QED) is 0.333. The van der Waals surface area contributed by atoms with Gasteiger partial charge in [-0.2, -0.15) is 0 Å². The molecule has 0 bridgehead atoms. The lowest BCUT2D eigenvalue weighted by Gasteiger charge is -2.16. The number of halogens is 2. The van der Waals surface area contributed by atoms with Gasteiger partial charge in [0.15, 0.2) is 16.8 Å². The molecule has 0 aliphatic heterocycles. The van der Waals surface area contributed by atoms with E-state index in [2.05, 4.69) is 15.6 Å². The van der Waals surface area contributed by atoms with E-state index >= 15 is 0 Å². The van der Waals surface area contributed by atoms with Crippen LogP contribution in [0.5, 0.6) is 5.75 Å². The fourth-order valence-corrected chi connectivity index (χ4v) is 3.55. The van der Waals surface area contributed by atoms with Gasteiger partial charge in [-0.25, -0.2) is 4.98 Å². The minimum Gasteiger partial charge on any atom is -0.479 e. The Kier molecular flexibility index (Phi) is 6.60. The van der Waals surface area contributed by atoms with E-state index in [9.17, 15) is 4.79 Å². The molecule has 0 fully saturated rings. The Morgan fingerprint density at radius 1 is 1.09 bits per heavy atom. The van der Waals surface area contributed by atoms with Crippen molar-refractivity contribution in [2.24, 2.45) is 0 Å². The Balaban J connectivity index is 1.34. The van der Waals surface area contributed by atoms with E-state index in [4.69, 9.17) is 44.6 Å². The minimum absolute atomic E-state index is 0.141. The minimum atomic E-state index is -0.824. The van der Waals surface area contributed by atoms with Gasteiger partial charge in [0.25, 0.3) is 5.91 Å². The van der Waals surface area contributed by atoms with Crippen LogP contribution in [-0.2, 0) is 4.79 Å². The van der Waals surface area contributed by atoms with Gasteiger partial charge in [0, 0.05) is 16.3 Å². The van der Waals surface area contributed by atoms with Crippen LogP contribution in [0.1, 0.15) is 6.92 Å². The largest absolute Gasteiger partial charge is 0.479 e. The molecular weight excluding hydrogens is 469 g/mol. The normalized spacial score (nSPS) is 11.7. The van der Waals surface area contributed by atoms with E-state index in [-0.39, 0.29) is 5.11 Å². The molecule has 2 N–H and O–H groups in total. The van der Waals surface area contributed by atoms with Gasteiger partial charge in [-0.3, -0.25) is 10.1 Å². The fourth-order valence-electron chi connectivity index (χ4n) is 2.88. The van der Waals surface area contributed by atoms with Crippen molar-refractivity contribution < 1.29 is 13.9 Å². The Bertz CT molecular complexity index is 1260. The second kappa shape index (κ2) is 9.56. The molecule has 4 rings (SSSR count). The maximum Gasteiger partial charge on any atom is 0.266 e. The second-order valence-electron chi connectivity index (χ2n) is 6.84. The lowest BCUT2D eigenvalue weighted by atomic mass is 10.2. The third-order valence-electron chi connectivity index (χ3n) is 4.49. The molecule has 32 heavy (non-hydrogen) atoms. The number of thiocarbonyl (C=S) groups is 1. The first-order valence-electron chi connectivity index (χ1n) is 9.58. The van der Waals surface area contributed by atoms with Crippen LogP contribution in [0.3, 0.4) is 0 Å². The number of oxazole rings is 1. The van der Waals surface area contributed by atoms with Gasteiger partial charge in [0.2, 0.25) is 5.89 Å². The predicted octanol–water partition coefficient (Wildman–Crippen LogP) is 6.08. The number of para-hydroxylation sites is 2. The third kappa shape index (κ3) is 5.19. The molecule has 0 aliphatic rings. The third-order valence-corrected chi connectivity index (χ3v) is 5.22. The van der Waals surface area contributed by atoms with Gasteiger partial charge in [-0.15, -0.1) is 0 Å². The summed E-state index contributed by atoms with van der Waals surface area (Å²) in [6.45, 7) is 1.60. The first-order valence-corrected chi connectivity index (χ1v) is 10.7. The highest BCUT2D eigenvalue weighted by Gasteiger charge is 2.17. The summed E-state index contributed by atoms with van der Waals surface area (Å²) in [5.41, 5.74) is 3.04. The molecule has 1 unspecified atom stereocenters. The van der Waals surface area contributed by atoms with Crippen molar-refractivity contribution in [2.75, 3.05) is 5.32 Å². The molecule has 1 amide bonds. The molecule has 0 spiro atoms. The average molecular weight is 486 g/mol. The SMILES string of the molecule is CC(Oc1ccc(Cl)cc1Cl)C(=O)NC(=S)Nc1ccc(-c2nc3ccccc3o2)cc1. The number of nitrogens with zero attached hydrogens (tertiary/aromatic N) is 1. The molecule has 162 valence electrons. The number of ether oxygens (including phenoxy) is 1. The highest BCUT2D eigenvalue weighted by atomic mass is 35.5. The lowest BCUT2D eigenvalue weighted by Crippen LogP contribution is -2.42. The summed E-state index contributed by atoms with van der Waals surface area (Å²) in [5, 5.41) is 6.50. The molecule has 1 aromatic heterocycles. The topological polar surface area (TPSA) is 76.4 Å². The summed E-state index contributed by atoms with van der Waals surface area (Å²) >= 11 is 17.2. The smallest absolute Gasteiger partial charge is 0.266 e. The van der Waals surface area contributed by atoms with Crippen LogP contribution in [0.25, 0.3) is 22.6 Å². The zero-order valence-corrected chi connectivity index (χ0v) is 19.1. The van der Waals surface area contributed by atoms with Gasteiger partial charge in [0.05, 0.1) is 5.02 Å². The molecule has 4 aromatic rings. The number of benzene rings is 3. The summed E-state index contributed by atoms with van der Waals surface area (Å²) in [6.07, 6.45) is -0.824. The van der Waals surface area contributed by atoms with E-state index in [1.54, 1.807) is 25.1 Å². The number of hydrogen-bond acceptors (Lipinski definition) is 5. The van der Waals surface area contributed by atoms with E-state index < -0.39 is 12.0 Å². The summed E-state index contributed by atoms with van der Waals surface area (Å²) in [5.74, 6) is 0.462. The molecule has 6 nitrogen and oxygen atoms in total. The van der Waals surface area contributed by atoms with E-state index in [0.29, 0.717) is 27.4 Å². The van der Waals surface area contributed by atoms with E-state index in [1.165, 1.54) is 0 Å². The average Bonchev–Trinajstić information content (AvgIpc) is 3.20. The number of anilines is 1. The predicted molar refractivity (Wildman–Crippen MR) is 130 cm³/mol. The maximum atomic E-state index is 12.4. The van der Waals surface area contributed by atoms with E-state index in [0.717, 1.165) is 16.7 Å². The molecule has 0 radical (unpaired) electrons. The summed E-state index contributed by atoms with van der Waals surface area (Å²) in [6, 6.07) is 19.7. The zero-order valence-electron chi connectivity index (χ0n) is 16.8. The number of aromatic nitrogens is 1. The molecule has 0 saturated heterocycles. The van der Waals surface area contributed by atoms with Gasteiger partial charge in [-0.05, 0) is 73.7 Å². The number of amides is 1. The summed E-state index contributed by atoms with van der Waals surface area (Å²) in [4.78, 5) is 16.9. The Morgan fingerprint density at radius 3 is 2.56 bits per heavy atom. The fraction of sp³-hybridized carbons (Fsp3) is 0.0870. The van der Waals surface area contributed by atoms with Crippen molar-refractivity contribution in [2.45, 2.75) is 13.0 Å². The van der Waals surface area contributed by atoms with Crippen LogP contribution in [0, 0.1) is 0 Å². The van der Waals surface area contributed by atoms with Gasteiger partial charge >= 0.3 is 0 Å². The molecule has 0 saturated carbocycles. The second-order valence-corrected chi connectivity index (χ2v) is 8.09. The van der Waals surface area contributed by atoms with Gasteiger partial charge in [-0.1, -0.05) is 35.3 Å². The molecule has 1 atom stereocenters. The van der Waals surface area contributed by atoms with Crippen molar-refractivity contribution in [3.63, 3.8) is 0 Å². The van der Waals surface area contributed by atoms with Gasteiger partial charge in [0.1, 0.15) is 11.3 Å². The van der Waals surface area contributed by atoms with Crippen LogP contribution in [0.15, 0.2) is 71.1 Å². The van der Waals surface area contributed by atoms with Crippen LogP contribution in [0.4, 0.5) is 5.69 Å². The number of rotatable bonds is 5. The summed E-state index contributed by atoms with van der Waals surface area (Å²) < 4.78 is 11.4.